The Balaban J connectivity index is 2.81. The second-order valence-electron chi connectivity index (χ2n) is 3.06. The number of carbonyl (C=O) groups is 1. The standard InChI is InChI=1S/C10H10Cl2FNO3/c1-3-16-10(15)5(2)17-9-7(12)4-6(11)8(13)14-9/h4-5H,3H2,1-2H3. The molecule has 1 unspecified atom stereocenters. The Kier molecular flexibility index (Phi) is 4.96. The number of ether oxygens (including phenoxy) is 2. The highest BCUT2D eigenvalue weighted by molar-refractivity contribution is 6.35. The number of halogens is 3. The molecule has 0 aliphatic rings. The molecule has 94 valence electrons. The van der Waals surface area contributed by atoms with Gasteiger partial charge in [0.05, 0.1) is 11.6 Å². The zero-order chi connectivity index (χ0) is 13.0. The van der Waals surface area contributed by atoms with E-state index in [0.29, 0.717) is 0 Å². The zero-order valence-electron chi connectivity index (χ0n) is 9.17. The molecule has 1 heterocycles. The van der Waals surface area contributed by atoms with Gasteiger partial charge in [0, 0.05) is 0 Å². The fraction of sp³-hybridized carbons (Fsp3) is 0.400. The summed E-state index contributed by atoms with van der Waals surface area (Å²) in [5, 5.41) is -0.196. The van der Waals surface area contributed by atoms with Gasteiger partial charge in [-0.05, 0) is 19.9 Å². The first-order valence-corrected chi connectivity index (χ1v) is 5.56. The first-order valence-electron chi connectivity index (χ1n) is 4.80. The fourth-order valence-electron chi connectivity index (χ4n) is 0.986. The molecule has 0 aliphatic carbocycles. The van der Waals surface area contributed by atoms with Crippen LogP contribution in [0.25, 0.3) is 0 Å². The lowest BCUT2D eigenvalue weighted by atomic mass is 10.4. The fourth-order valence-corrected chi connectivity index (χ4v) is 1.39. The first-order chi connectivity index (χ1) is 7.95. The third kappa shape index (κ3) is 3.71. The largest absolute Gasteiger partial charge is 0.463 e. The van der Waals surface area contributed by atoms with Crippen molar-refractivity contribution in [1.82, 2.24) is 4.98 Å². The third-order valence-electron chi connectivity index (χ3n) is 1.76. The number of rotatable bonds is 4. The third-order valence-corrected chi connectivity index (χ3v) is 2.30. The van der Waals surface area contributed by atoms with Crippen molar-refractivity contribution >= 4 is 29.2 Å². The van der Waals surface area contributed by atoms with Crippen molar-refractivity contribution in [3.05, 3.63) is 22.1 Å². The molecule has 1 aromatic rings. The Hall–Kier alpha value is -1.07. The number of aromatic nitrogens is 1. The van der Waals surface area contributed by atoms with Crippen LogP contribution < -0.4 is 4.74 Å². The molecular weight excluding hydrogens is 272 g/mol. The summed E-state index contributed by atoms with van der Waals surface area (Å²) < 4.78 is 22.9. The van der Waals surface area contributed by atoms with E-state index in [1.807, 2.05) is 0 Å². The maximum Gasteiger partial charge on any atom is 0.347 e. The van der Waals surface area contributed by atoms with Crippen LogP contribution in [0.5, 0.6) is 5.88 Å². The summed E-state index contributed by atoms with van der Waals surface area (Å²) in [5.74, 6) is -1.70. The molecule has 1 atom stereocenters. The topological polar surface area (TPSA) is 48.4 Å². The van der Waals surface area contributed by atoms with E-state index in [9.17, 15) is 9.18 Å². The summed E-state index contributed by atoms with van der Waals surface area (Å²) in [4.78, 5) is 14.7. The quantitative estimate of drug-likeness (QED) is 0.629. The molecule has 0 aromatic carbocycles. The van der Waals surface area contributed by atoms with Crippen molar-refractivity contribution in [2.24, 2.45) is 0 Å². The van der Waals surface area contributed by atoms with Gasteiger partial charge in [0.1, 0.15) is 5.02 Å². The molecule has 1 aromatic heterocycles. The van der Waals surface area contributed by atoms with E-state index in [-0.39, 0.29) is 22.5 Å². The molecule has 0 aliphatic heterocycles. The van der Waals surface area contributed by atoms with Gasteiger partial charge >= 0.3 is 5.97 Å². The van der Waals surface area contributed by atoms with Gasteiger partial charge in [-0.15, -0.1) is 0 Å². The second kappa shape index (κ2) is 6.02. The Morgan fingerprint density at radius 1 is 1.53 bits per heavy atom. The van der Waals surface area contributed by atoms with E-state index in [0.717, 1.165) is 6.07 Å². The zero-order valence-corrected chi connectivity index (χ0v) is 10.7. The molecule has 0 saturated heterocycles. The lowest BCUT2D eigenvalue weighted by Gasteiger charge is -2.13. The molecule has 0 amide bonds. The molecule has 1 rings (SSSR count). The lowest BCUT2D eigenvalue weighted by molar-refractivity contribution is -0.150. The number of esters is 1. The Morgan fingerprint density at radius 3 is 2.76 bits per heavy atom. The van der Waals surface area contributed by atoms with E-state index in [1.165, 1.54) is 6.92 Å². The van der Waals surface area contributed by atoms with Crippen LogP contribution in [-0.2, 0) is 9.53 Å². The Bertz CT molecular complexity index is 428. The average Bonchev–Trinajstić information content (AvgIpc) is 2.26. The summed E-state index contributed by atoms with van der Waals surface area (Å²) >= 11 is 11.2. The van der Waals surface area contributed by atoms with Crippen LogP contribution >= 0.6 is 23.2 Å². The number of carbonyl (C=O) groups excluding carboxylic acids is 1. The summed E-state index contributed by atoms with van der Waals surface area (Å²) in [6, 6.07) is 1.15. The minimum Gasteiger partial charge on any atom is -0.463 e. The maximum atomic E-state index is 13.1. The van der Waals surface area contributed by atoms with Crippen LogP contribution in [0.4, 0.5) is 4.39 Å². The van der Waals surface area contributed by atoms with Crippen molar-refractivity contribution < 1.29 is 18.7 Å². The van der Waals surface area contributed by atoms with E-state index < -0.39 is 18.0 Å². The van der Waals surface area contributed by atoms with Crippen molar-refractivity contribution in [2.45, 2.75) is 20.0 Å². The average molecular weight is 282 g/mol. The van der Waals surface area contributed by atoms with E-state index in [4.69, 9.17) is 32.7 Å². The van der Waals surface area contributed by atoms with E-state index in [1.54, 1.807) is 6.92 Å². The smallest absolute Gasteiger partial charge is 0.347 e. The summed E-state index contributed by atoms with van der Waals surface area (Å²) in [6.45, 7) is 3.34. The van der Waals surface area contributed by atoms with Crippen LogP contribution in [0.15, 0.2) is 6.07 Å². The van der Waals surface area contributed by atoms with Gasteiger partial charge in [0.25, 0.3) is 0 Å². The van der Waals surface area contributed by atoms with Gasteiger partial charge in [0.2, 0.25) is 11.8 Å². The predicted octanol–water partition coefficient (Wildman–Crippen LogP) is 2.86. The van der Waals surface area contributed by atoms with Gasteiger partial charge < -0.3 is 9.47 Å². The number of hydrogen-bond donors (Lipinski definition) is 0. The molecule has 0 bridgehead atoms. The normalized spacial score (nSPS) is 12.1. The SMILES string of the molecule is CCOC(=O)C(C)Oc1nc(F)c(Cl)cc1Cl. The summed E-state index contributed by atoms with van der Waals surface area (Å²) in [5.41, 5.74) is 0. The Labute approximate surface area is 108 Å². The lowest BCUT2D eigenvalue weighted by Crippen LogP contribution is -2.26. The highest BCUT2D eigenvalue weighted by atomic mass is 35.5. The van der Waals surface area contributed by atoms with Crippen molar-refractivity contribution in [3.8, 4) is 5.88 Å². The van der Waals surface area contributed by atoms with E-state index >= 15 is 0 Å². The maximum absolute atomic E-state index is 13.1. The van der Waals surface area contributed by atoms with E-state index in [2.05, 4.69) is 4.98 Å². The molecule has 0 radical (unpaired) electrons. The second-order valence-corrected chi connectivity index (χ2v) is 3.87. The molecule has 17 heavy (non-hydrogen) atoms. The van der Waals surface area contributed by atoms with Crippen molar-refractivity contribution in [2.75, 3.05) is 6.61 Å². The van der Waals surface area contributed by atoms with Gasteiger partial charge in [-0.2, -0.15) is 9.37 Å². The van der Waals surface area contributed by atoms with Crippen LogP contribution in [0.1, 0.15) is 13.8 Å². The minimum absolute atomic E-state index is 0.0209. The number of pyridine rings is 1. The molecule has 0 saturated carbocycles. The molecular formula is C10H10Cl2FNO3. The summed E-state index contributed by atoms with van der Waals surface area (Å²) in [6.07, 6.45) is -0.930. The molecule has 0 spiro atoms. The van der Waals surface area contributed by atoms with Crippen LogP contribution in [-0.4, -0.2) is 23.7 Å². The van der Waals surface area contributed by atoms with Gasteiger partial charge in [-0.1, -0.05) is 23.2 Å². The van der Waals surface area contributed by atoms with Crippen LogP contribution in [0.3, 0.4) is 0 Å². The van der Waals surface area contributed by atoms with Crippen LogP contribution in [0, 0.1) is 5.95 Å². The minimum atomic E-state index is -0.930. The predicted molar refractivity (Wildman–Crippen MR) is 60.9 cm³/mol. The Morgan fingerprint density at radius 2 is 2.18 bits per heavy atom. The van der Waals surface area contributed by atoms with Crippen LogP contribution in [0.2, 0.25) is 10.0 Å². The van der Waals surface area contributed by atoms with Gasteiger partial charge in [-0.25, -0.2) is 4.79 Å². The van der Waals surface area contributed by atoms with Crippen molar-refractivity contribution in [3.63, 3.8) is 0 Å². The number of hydrogen-bond acceptors (Lipinski definition) is 4. The van der Waals surface area contributed by atoms with Crippen molar-refractivity contribution in [1.29, 1.82) is 0 Å². The molecule has 7 heteroatoms. The number of nitrogens with zero attached hydrogens (tertiary/aromatic N) is 1. The van der Waals surface area contributed by atoms with Gasteiger partial charge in [-0.3, -0.25) is 0 Å². The molecule has 0 N–H and O–H groups in total. The molecule has 4 nitrogen and oxygen atoms in total. The first kappa shape index (κ1) is 14.0. The monoisotopic (exact) mass is 281 g/mol. The highest BCUT2D eigenvalue weighted by Crippen LogP contribution is 2.27. The highest BCUT2D eigenvalue weighted by Gasteiger charge is 2.19. The summed E-state index contributed by atoms with van der Waals surface area (Å²) in [7, 11) is 0. The van der Waals surface area contributed by atoms with Gasteiger partial charge in [0.15, 0.2) is 6.10 Å². The molecule has 0 fully saturated rings.